The van der Waals surface area contributed by atoms with E-state index in [9.17, 15) is 5.26 Å². The van der Waals surface area contributed by atoms with Crippen LogP contribution in [0.5, 0.6) is 0 Å². The van der Waals surface area contributed by atoms with Crippen molar-refractivity contribution in [1.82, 2.24) is 24.7 Å². The van der Waals surface area contributed by atoms with E-state index in [2.05, 4.69) is 30.3 Å². The third-order valence-corrected chi connectivity index (χ3v) is 4.52. The number of nitrogens with zero attached hydrogens (tertiary/aromatic N) is 8. The van der Waals surface area contributed by atoms with Gasteiger partial charge < -0.3 is 17.2 Å². The molecule has 4 aromatic rings. The van der Waals surface area contributed by atoms with Crippen LogP contribution in [0.4, 0.5) is 29.1 Å². The average Bonchev–Trinajstić information content (AvgIpc) is 3.24. The molecule has 6 N–H and O–H groups in total. The molecule has 1 aromatic carbocycles. The van der Waals surface area contributed by atoms with Crippen LogP contribution < -0.4 is 17.2 Å². The lowest BCUT2D eigenvalue weighted by molar-refractivity contribution is 0.868. The summed E-state index contributed by atoms with van der Waals surface area (Å²) < 4.78 is 2.48. The van der Waals surface area contributed by atoms with E-state index in [-0.39, 0.29) is 34.7 Å². The van der Waals surface area contributed by atoms with E-state index in [4.69, 9.17) is 17.2 Å². The van der Waals surface area contributed by atoms with Gasteiger partial charge in [-0.1, -0.05) is 23.5 Å². The van der Waals surface area contributed by atoms with Gasteiger partial charge in [-0.15, -0.1) is 15.3 Å². The van der Waals surface area contributed by atoms with E-state index in [0.29, 0.717) is 5.13 Å². The zero-order chi connectivity index (χ0) is 19.0. The molecule has 11 nitrogen and oxygen atoms in total. The van der Waals surface area contributed by atoms with Gasteiger partial charge in [-0.05, 0) is 12.1 Å². The minimum absolute atomic E-state index is 0.0205. The number of aromatic nitrogens is 5. The Kier molecular flexibility index (Phi) is 3.83. The van der Waals surface area contributed by atoms with Crippen molar-refractivity contribution in [3.05, 3.63) is 36.0 Å². The monoisotopic (exact) mass is 377 g/mol. The zero-order valence-electron chi connectivity index (χ0n) is 13.6. The molecule has 0 radical (unpaired) electrons. The SMILES string of the molecule is N#Cc1cn(-c2nc3ccccc3s2)nc1/N=N/c1c(N)nc(N)nc1N. The third-order valence-electron chi connectivity index (χ3n) is 3.49. The number of hydrogen-bond donors (Lipinski definition) is 3. The fraction of sp³-hybridized carbons (Fsp3) is 0. The second kappa shape index (κ2) is 6.32. The van der Waals surface area contributed by atoms with Crippen LogP contribution >= 0.6 is 11.3 Å². The van der Waals surface area contributed by atoms with Gasteiger partial charge in [0.15, 0.2) is 17.3 Å². The molecule has 0 unspecified atom stereocenters. The summed E-state index contributed by atoms with van der Waals surface area (Å²) in [5.41, 5.74) is 18.0. The minimum Gasteiger partial charge on any atom is -0.382 e. The Morgan fingerprint density at radius 2 is 1.78 bits per heavy atom. The number of hydrogen-bond acceptors (Lipinski definition) is 11. The van der Waals surface area contributed by atoms with E-state index in [1.807, 2.05) is 30.3 Å². The normalized spacial score (nSPS) is 11.2. The molecule has 0 fully saturated rings. The summed E-state index contributed by atoms with van der Waals surface area (Å²) in [6, 6.07) is 9.71. The first-order chi connectivity index (χ1) is 13.0. The molecule has 0 saturated heterocycles. The molecule has 132 valence electrons. The lowest BCUT2D eigenvalue weighted by Gasteiger charge is -2.01. The summed E-state index contributed by atoms with van der Waals surface area (Å²) >= 11 is 1.44. The van der Waals surface area contributed by atoms with Crippen LogP contribution in [0.2, 0.25) is 0 Å². The number of nitriles is 1. The summed E-state index contributed by atoms with van der Waals surface area (Å²) in [7, 11) is 0. The van der Waals surface area contributed by atoms with E-state index in [1.54, 1.807) is 0 Å². The molecule has 3 aromatic heterocycles. The summed E-state index contributed by atoms with van der Waals surface area (Å²) in [4.78, 5) is 12.0. The lowest BCUT2D eigenvalue weighted by atomic mass is 10.3. The highest BCUT2D eigenvalue weighted by Crippen LogP contribution is 2.30. The Labute approximate surface area is 155 Å². The van der Waals surface area contributed by atoms with E-state index < -0.39 is 0 Å². The molecule has 0 spiro atoms. The molecule has 0 amide bonds. The third kappa shape index (κ3) is 2.98. The number of para-hydroxylation sites is 1. The number of nitrogens with two attached hydrogens (primary N) is 3. The number of fused-ring (bicyclic) bond motifs is 1. The molecule has 12 heteroatoms. The maximum atomic E-state index is 9.35. The molecule has 0 bridgehead atoms. The molecule has 0 aliphatic heterocycles. The van der Waals surface area contributed by atoms with E-state index in [0.717, 1.165) is 10.2 Å². The van der Waals surface area contributed by atoms with Crippen LogP contribution in [0.25, 0.3) is 15.3 Å². The van der Waals surface area contributed by atoms with Crippen LogP contribution in [0, 0.1) is 11.3 Å². The Bertz CT molecular complexity index is 1170. The van der Waals surface area contributed by atoms with Crippen molar-refractivity contribution in [1.29, 1.82) is 5.26 Å². The van der Waals surface area contributed by atoms with Gasteiger partial charge in [0.1, 0.15) is 11.6 Å². The van der Waals surface area contributed by atoms with Crippen molar-refractivity contribution in [2.75, 3.05) is 17.2 Å². The number of azo groups is 1. The highest BCUT2D eigenvalue weighted by Gasteiger charge is 2.14. The lowest BCUT2D eigenvalue weighted by Crippen LogP contribution is -2.03. The van der Waals surface area contributed by atoms with Gasteiger partial charge in [0, 0.05) is 0 Å². The van der Waals surface area contributed by atoms with Crippen molar-refractivity contribution in [3.63, 3.8) is 0 Å². The molecule has 0 saturated carbocycles. The fourth-order valence-corrected chi connectivity index (χ4v) is 3.17. The van der Waals surface area contributed by atoms with Crippen LogP contribution in [-0.4, -0.2) is 24.7 Å². The maximum absolute atomic E-state index is 9.35. The smallest absolute Gasteiger partial charge is 0.224 e. The first-order valence-electron chi connectivity index (χ1n) is 7.51. The van der Waals surface area contributed by atoms with E-state index in [1.165, 1.54) is 22.2 Å². The average molecular weight is 377 g/mol. The summed E-state index contributed by atoms with van der Waals surface area (Å²) in [6.45, 7) is 0. The van der Waals surface area contributed by atoms with Gasteiger partial charge in [-0.25, -0.2) is 9.67 Å². The first kappa shape index (κ1) is 16.4. The van der Waals surface area contributed by atoms with Crippen molar-refractivity contribution in [3.8, 4) is 11.2 Å². The number of anilines is 3. The second-order valence-corrected chi connectivity index (χ2v) is 6.30. The highest BCUT2D eigenvalue weighted by atomic mass is 32.1. The fourth-order valence-electron chi connectivity index (χ4n) is 2.28. The minimum atomic E-state index is -0.0678. The molecule has 3 heterocycles. The number of rotatable bonds is 3. The van der Waals surface area contributed by atoms with Gasteiger partial charge in [0.25, 0.3) is 0 Å². The molecule has 4 rings (SSSR count). The van der Waals surface area contributed by atoms with Gasteiger partial charge in [-0.3, -0.25) is 0 Å². The van der Waals surface area contributed by atoms with Crippen molar-refractivity contribution < 1.29 is 0 Å². The number of thiazole rings is 1. The largest absolute Gasteiger partial charge is 0.382 e. The Morgan fingerprint density at radius 1 is 1.04 bits per heavy atom. The maximum Gasteiger partial charge on any atom is 0.224 e. The van der Waals surface area contributed by atoms with Gasteiger partial charge in [-0.2, -0.15) is 15.2 Å². The van der Waals surface area contributed by atoms with Crippen molar-refractivity contribution >= 4 is 50.6 Å². The molecule has 0 aliphatic carbocycles. The second-order valence-electron chi connectivity index (χ2n) is 5.29. The summed E-state index contributed by atoms with van der Waals surface area (Å²) in [5, 5.41) is 22.1. The topological polar surface area (TPSA) is 183 Å². The summed E-state index contributed by atoms with van der Waals surface area (Å²) in [6.07, 6.45) is 1.53. The molecule has 0 aliphatic rings. The Balaban J connectivity index is 1.73. The van der Waals surface area contributed by atoms with Crippen LogP contribution in [0.1, 0.15) is 5.56 Å². The van der Waals surface area contributed by atoms with Crippen molar-refractivity contribution in [2.24, 2.45) is 10.2 Å². The standard InChI is InChI=1S/C15H11N11S/c16-5-7-6-26(15-20-8-3-1-2-4-9(8)27-15)25-13(7)24-23-10-11(17)21-14(19)22-12(10)18/h1-4,6H,(H6,17,18,19,21,22)/b24-23+. The Hall–Kier alpha value is -4.11. The first-order valence-corrected chi connectivity index (χ1v) is 8.32. The summed E-state index contributed by atoms with van der Waals surface area (Å²) in [5.74, 6) is -0.0186. The molecule has 0 atom stereocenters. The Morgan fingerprint density at radius 3 is 2.48 bits per heavy atom. The van der Waals surface area contributed by atoms with Crippen LogP contribution in [0.3, 0.4) is 0 Å². The van der Waals surface area contributed by atoms with Gasteiger partial charge in [0.2, 0.25) is 16.9 Å². The number of benzene rings is 1. The molecular formula is C15H11N11S. The quantitative estimate of drug-likeness (QED) is 0.454. The van der Waals surface area contributed by atoms with Crippen LogP contribution in [0.15, 0.2) is 40.7 Å². The number of nitrogen functional groups attached to an aromatic ring is 3. The highest BCUT2D eigenvalue weighted by molar-refractivity contribution is 7.20. The predicted octanol–water partition coefficient (Wildman–Crippen LogP) is 2.31. The van der Waals surface area contributed by atoms with Gasteiger partial charge in [0.05, 0.1) is 16.4 Å². The molecule has 27 heavy (non-hydrogen) atoms. The van der Waals surface area contributed by atoms with Gasteiger partial charge >= 0.3 is 0 Å². The van der Waals surface area contributed by atoms with Crippen molar-refractivity contribution in [2.45, 2.75) is 0 Å². The van der Waals surface area contributed by atoms with Crippen LogP contribution in [-0.2, 0) is 0 Å². The zero-order valence-corrected chi connectivity index (χ0v) is 14.4. The molecular weight excluding hydrogens is 366 g/mol. The predicted molar refractivity (Wildman–Crippen MR) is 101 cm³/mol. The van der Waals surface area contributed by atoms with E-state index >= 15 is 0 Å².